The van der Waals surface area contributed by atoms with Crippen molar-refractivity contribution in [1.29, 1.82) is 0 Å². The molecule has 1 aromatic rings. The maximum atomic E-state index is 11.3. The molecule has 1 N–H and O–H groups in total. The molecule has 1 aromatic heterocycles. The Morgan fingerprint density at radius 3 is 3.06 bits per heavy atom. The molecular weight excluding hydrogens is 242 g/mol. The highest BCUT2D eigenvalue weighted by molar-refractivity contribution is 7.10. The second-order valence-electron chi connectivity index (χ2n) is 3.68. The van der Waals surface area contributed by atoms with E-state index in [2.05, 4.69) is 14.8 Å². The van der Waals surface area contributed by atoms with Crippen molar-refractivity contribution in [1.82, 2.24) is 5.32 Å². The maximum Gasteiger partial charge on any atom is 0.517 e. The van der Waals surface area contributed by atoms with Crippen molar-refractivity contribution < 1.29 is 19.1 Å². The van der Waals surface area contributed by atoms with Crippen LogP contribution in [-0.2, 0) is 9.47 Å². The minimum absolute atomic E-state index is 0.0653. The fraction of sp³-hybridized carbons (Fsp3) is 0.455. The third kappa shape index (κ3) is 3.20. The van der Waals surface area contributed by atoms with Crippen LogP contribution < -0.4 is 5.32 Å². The lowest BCUT2D eigenvalue weighted by Crippen LogP contribution is -2.29. The van der Waals surface area contributed by atoms with E-state index in [9.17, 15) is 9.59 Å². The van der Waals surface area contributed by atoms with Crippen molar-refractivity contribution >= 4 is 23.6 Å². The van der Waals surface area contributed by atoms with E-state index in [1.54, 1.807) is 18.3 Å². The van der Waals surface area contributed by atoms with Gasteiger partial charge in [-0.15, -0.1) is 11.3 Å². The van der Waals surface area contributed by atoms with Crippen LogP contribution in [0.2, 0.25) is 0 Å². The van der Waals surface area contributed by atoms with Gasteiger partial charge >= 0.3 is 12.2 Å². The first-order valence-electron chi connectivity index (χ1n) is 5.39. The van der Waals surface area contributed by atoms with Gasteiger partial charge in [0.15, 0.2) is 0 Å². The number of ether oxygens (including phenoxy) is 2. The Hall–Kier alpha value is -1.56. The molecule has 0 bridgehead atoms. The van der Waals surface area contributed by atoms with Gasteiger partial charge in [0, 0.05) is 16.8 Å². The monoisotopic (exact) mass is 255 g/mol. The highest BCUT2D eigenvalue weighted by atomic mass is 32.1. The van der Waals surface area contributed by atoms with E-state index in [4.69, 9.17) is 0 Å². The van der Waals surface area contributed by atoms with Gasteiger partial charge in [-0.25, -0.2) is 9.59 Å². The van der Waals surface area contributed by atoms with Crippen molar-refractivity contribution in [3.63, 3.8) is 0 Å². The van der Waals surface area contributed by atoms with Crippen LogP contribution in [0.15, 0.2) is 17.5 Å². The van der Waals surface area contributed by atoms with Crippen LogP contribution in [-0.4, -0.2) is 24.9 Å². The number of amides is 1. The second kappa shape index (κ2) is 5.18. The molecule has 1 amide bonds. The lowest BCUT2D eigenvalue weighted by Gasteiger charge is -2.04. The molecule has 1 saturated carbocycles. The normalized spacial score (nSPS) is 21.7. The zero-order chi connectivity index (χ0) is 12.3. The smallest absolute Gasteiger partial charge is 0.434 e. The van der Waals surface area contributed by atoms with Crippen LogP contribution in [0.4, 0.5) is 9.59 Å². The molecule has 0 aromatic carbocycles. The Bertz CT molecular complexity index is 404. The fourth-order valence-corrected chi connectivity index (χ4v) is 2.48. The van der Waals surface area contributed by atoms with Gasteiger partial charge in [0.2, 0.25) is 0 Å². The SMILES string of the molecule is CCOC(=O)OC(=O)N[C@@H]1C[C@H]1c1cccs1. The van der Waals surface area contributed by atoms with Crippen LogP contribution in [0.25, 0.3) is 0 Å². The summed E-state index contributed by atoms with van der Waals surface area (Å²) in [5, 5.41) is 4.63. The molecule has 5 nitrogen and oxygen atoms in total. The predicted molar refractivity (Wildman–Crippen MR) is 62.1 cm³/mol. The Labute approximate surface area is 103 Å². The molecule has 0 radical (unpaired) electrons. The summed E-state index contributed by atoms with van der Waals surface area (Å²) in [6.07, 6.45) is -0.816. The summed E-state index contributed by atoms with van der Waals surface area (Å²) >= 11 is 1.66. The lowest BCUT2D eigenvalue weighted by atomic mass is 10.3. The molecule has 0 saturated heterocycles. The van der Waals surface area contributed by atoms with Gasteiger partial charge in [-0.05, 0) is 24.8 Å². The van der Waals surface area contributed by atoms with Crippen LogP contribution >= 0.6 is 11.3 Å². The third-order valence-electron chi connectivity index (χ3n) is 2.44. The average molecular weight is 255 g/mol. The highest BCUT2D eigenvalue weighted by Crippen LogP contribution is 2.42. The maximum absolute atomic E-state index is 11.3. The molecule has 17 heavy (non-hydrogen) atoms. The first-order valence-corrected chi connectivity index (χ1v) is 6.27. The number of thiophene rings is 1. The largest absolute Gasteiger partial charge is 0.517 e. The van der Waals surface area contributed by atoms with Crippen molar-refractivity contribution in [2.45, 2.75) is 25.3 Å². The molecule has 1 aliphatic carbocycles. The quantitative estimate of drug-likeness (QED) is 0.665. The van der Waals surface area contributed by atoms with E-state index in [0.717, 1.165) is 6.42 Å². The van der Waals surface area contributed by atoms with E-state index in [1.807, 2.05) is 17.5 Å². The molecule has 1 fully saturated rings. The number of rotatable bonds is 3. The van der Waals surface area contributed by atoms with Gasteiger partial charge in [-0.2, -0.15) is 0 Å². The minimum Gasteiger partial charge on any atom is -0.434 e. The zero-order valence-electron chi connectivity index (χ0n) is 9.34. The van der Waals surface area contributed by atoms with Crippen molar-refractivity contribution in [2.24, 2.45) is 0 Å². The molecule has 6 heteroatoms. The van der Waals surface area contributed by atoms with E-state index >= 15 is 0 Å². The number of carbonyl (C=O) groups excluding carboxylic acids is 2. The number of carbonyl (C=O) groups is 2. The average Bonchev–Trinajstić information content (AvgIpc) is 2.81. The first-order chi connectivity index (χ1) is 8.20. The lowest BCUT2D eigenvalue weighted by molar-refractivity contribution is 0.0787. The first kappa shape index (κ1) is 11.9. The zero-order valence-corrected chi connectivity index (χ0v) is 10.2. The summed E-state index contributed by atoms with van der Waals surface area (Å²) in [4.78, 5) is 23.4. The molecule has 2 atom stereocenters. The van der Waals surface area contributed by atoms with Crippen molar-refractivity contribution in [3.05, 3.63) is 22.4 Å². The summed E-state index contributed by atoms with van der Waals surface area (Å²) in [5.41, 5.74) is 0. The Morgan fingerprint density at radius 1 is 1.59 bits per heavy atom. The van der Waals surface area contributed by atoms with Crippen molar-refractivity contribution in [2.75, 3.05) is 6.61 Å². The number of alkyl carbamates (subject to hydrolysis) is 1. The Balaban J connectivity index is 1.73. The molecule has 0 spiro atoms. The van der Waals surface area contributed by atoms with Gasteiger partial charge in [0.1, 0.15) is 0 Å². The Kier molecular flexibility index (Phi) is 3.63. The van der Waals surface area contributed by atoms with E-state index in [0.29, 0.717) is 5.92 Å². The standard InChI is InChI=1S/C11H13NO4S/c1-2-15-11(14)16-10(13)12-8-6-7(8)9-4-3-5-17-9/h3-5,7-8H,2,6H2,1H3,(H,12,13)/t7-,8-/m1/s1. The number of nitrogens with one attached hydrogen (secondary N) is 1. The van der Waals surface area contributed by atoms with E-state index < -0.39 is 12.2 Å². The fourth-order valence-electron chi connectivity index (χ4n) is 1.58. The van der Waals surface area contributed by atoms with Gasteiger partial charge in [0.25, 0.3) is 0 Å². The molecule has 92 valence electrons. The molecule has 1 aliphatic rings. The van der Waals surface area contributed by atoms with Crippen LogP contribution in [0.5, 0.6) is 0 Å². The molecule has 1 heterocycles. The summed E-state index contributed by atoms with van der Waals surface area (Å²) < 4.78 is 8.89. The predicted octanol–water partition coefficient (Wildman–Crippen LogP) is 2.49. The Morgan fingerprint density at radius 2 is 2.41 bits per heavy atom. The molecular formula is C11H13NO4S. The summed E-state index contributed by atoms with van der Waals surface area (Å²) in [5.74, 6) is 0.352. The van der Waals surface area contributed by atoms with E-state index in [-0.39, 0.29) is 12.6 Å². The number of hydrogen-bond donors (Lipinski definition) is 1. The van der Waals surface area contributed by atoms with Crippen LogP contribution in [0.1, 0.15) is 24.1 Å². The van der Waals surface area contributed by atoms with Gasteiger partial charge in [-0.3, -0.25) is 0 Å². The summed E-state index contributed by atoms with van der Waals surface area (Å²) in [7, 11) is 0. The van der Waals surface area contributed by atoms with Crippen molar-refractivity contribution in [3.8, 4) is 0 Å². The molecule has 2 rings (SSSR count). The van der Waals surface area contributed by atoms with Gasteiger partial charge in [-0.1, -0.05) is 6.07 Å². The second-order valence-corrected chi connectivity index (χ2v) is 4.66. The summed E-state index contributed by atoms with van der Waals surface area (Å²) in [6, 6.07) is 4.08. The van der Waals surface area contributed by atoms with Gasteiger partial charge < -0.3 is 14.8 Å². The highest BCUT2D eigenvalue weighted by Gasteiger charge is 2.40. The topological polar surface area (TPSA) is 64.6 Å². The van der Waals surface area contributed by atoms with E-state index in [1.165, 1.54) is 4.88 Å². The number of hydrogen-bond acceptors (Lipinski definition) is 5. The van der Waals surface area contributed by atoms with Gasteiger partial charge in [0.05, 0.1) is 6.61 Å². The third-order valence-corrected chi connectivity index (χ3v) is 3.44. The molecule has 0 aliphatic heterocycles. The molecule has 0 unspecified atom stereocenters. The van der Waals surface area contributed by atoms with Crippen LogP contribution in [0.3, 0.4) is 0 Å². The minimum atomic E-state index is -0.960. The van der Waals surface area contributed by atoms with Crippen LogP contribution in [0, 0.1) is 0 Å². The summed E-state index contributed by atoms with van der Waals surface area (Å²) in [6.45, 7) is 1.83.